The van der Waals surface area contributed by atoms with Crippen LogP contribution in [0.15, 0.2) is 24.5 Å². The summed E-state index contributed by atoms with van der Waals surface area (Å²) in [6, 6.07) is 4.91. The first kappa shape index (κ1) is 12.4. The lowest BCUT2D eigenvalue weighted by atomic mass is 9.98. The van der Waals surface area contributed by atoms with Gasteiger partial charge in [-0.2, -0.15) is 0 Å². The summed E-state index contributed by atoms with van der Waals surface area (Å²) in [4.78, 5) is 8.96. The van der Waals surface area contributed by atoms with E-state index in [9.17, 15) is 0 Å². The summed E-state index contributed by atoms with van der Waals surface area (Å²) in [7, 11) is 4.40. The van der Waals surface area contributed by atoms with Crippen molar-refractivity contribution in [2.24, 2.45) is 5.92 Å². The van der Waals surface area contributed by atoms with Crippen LogP contribution in [0.4, 0.5) is 5.69 Å². The zero-order valence-electron chi connectivity index (χ0n) is 11.1. The molecule has 0 radical (unpaired) electrons. The van der Waals surface area contributed by atoms with Gasteiger partial charge in [-0.3, -0.25) is 4.98 Å². The maximum atomic E-state index is 4.09. The lowest BCUT2D eigenvalue weighted by Crippen LogP contribution is -2.35. The molecule has 2 heterocycles. The van der Waals surface area contributed by atoms with Crippen LogP contribution in [0.3, 0.4) is 0 Å². The van der Waals surface area contributed by atoms with Crippen molar-refractivity contribution in [3.8, 4) is 0 Å². The fraction of sp³-hybridized carbons (Fsp3) is 0.643. The fourth-order valence-electron chi connectivity index (χ4n) is 2.86. The first-order valence-electron chi connectivity index (χ1n) is 6.53. The van der Waals surface area contributed by atoms with Gasteiger partial charge in [0.2, 0.25) is 0 Å². The molecule has 1 aliphatic rings. The fourth-order valence-corrected chi connectivity index (χ4v) is 2.86. The van der Waals surface area contributed by atoms with Crippen molar-refractivity contribution in [3.63, 3.8) is 0 Å². The number of aromatic nitrogens is 1. The van der Waals surface area contributed by atoms with Crippen LogP contribution in [0.5, 0.6) is 0 Å². The van der Waals surface area contributed by atoms with Gasteiger partial charge in [-0.1, -0.05) is 13.3 Å². The summed E-state index contributed by atoms with van der Waals surface area (Å²) >= 11 is 0. The Morgan fingerprint density at radius 2 is 2.00 bits per heavy atom. The van der Waals surface area contributed by atoms with Crippen LogP contribution < -0.4 is 4.90 Å². The van der Waals surface area contributed by atoms with Gasteiger partial charge >= 0.3 is 0 Å². The summed E-state index contributed by atoms with van der Waals surface area (Å²) in [5, 5.41) is 0. The van der Waals surface area contributed by atoms with Crippen LogP contribution in [0.2, 0.25) is 0 Å². The molecule has 3 heteroatoms. The molecule has 0 aliphatic carbocycles. The SMILES string of the molecule is CCC[C@H]1CN(c2ccncc2)C[C@@H]1N(C)C. The maximum Gasteiger partial charge on any atom is 0.0397 e. The van der Waals surface area contributed by atoms with E-state index in [4.69, 9.17) is 0 Å². The van der Waals surface area contributed by atoms with E-state index in [2.05, 4.69) is 47.9 Å². The Labute approximate surface area is 104 Å². The van der Waals surface area contributed by atoms with E-state index in [1.165, 1.54) is 25.1 Å². The van der Waals surface area contributed by atoms with Crippen LogP contribution >= 0.6 is 0 Å². The topological polar surface area (TPSA) is 19.4 Å². The van der Waals surface area contributed by atoms with Crippen LogP contribution in [0.1, 0.15) is 19.8 Å². The van der Waals surface area contributed by atoms with E-state index in [0.717, 1.165) is 12.5 Å². The number of rotatable bonds is 4. The number of hydrogen-bond acceptors (Lipinski definition) is 3. The number of anilines is 1. The average molecular weight is 233 g/mol. The molecular formula is C14H23N3. The zero-order chi connectivity index (χ0) is 12.3. The van der Waals surface area contributed by atoms with Gasteiger partial charge in [0.05, 0.1) is 0 Å². The Hall–Kier alpha value is -1.09. The summed E-state index contributed by atoms with van der Waals surface area (Å²) in [6.45, 7) is 4.60. The molecule has 0 N–H and O–H groups in total. The second-order valence-electron chi connectivity index (χ2n) is 5.19. The lowest BCUT2D eigenvalue weighted by molar-refractivity contribution is 0.246. The third kappa shape index (κ3) is 2.78. The van der Waals surface area contributed by atoms with Gasteiger partial charge in [-0.05, 0) is 38.6 Å². The largest absolute Gasteiger partial charge is 0.370 e. The molecule has 0 bridgehead atoms. The van der Waals surface area contributed by atoms with Gasteiger partial charge in [-0.25, -0.2) is 0 Å². The molecule has 0 unspecified atom stereocenters. The monoisotopic (exact) mass is 233 g/mol. The van der Waals surface area contributed by atoms with Gasteiger partial charge in [0.15, 0.2) is 0 Å². The molecule has 1 fully saturated rings. The Kier molecular flexibility index (Phi) is 4.00. The first-order valence-corrected chi connectivity index (χ1v) is 6.53. The molecule has 1 aromatic rings. The molecule has 1 saturated heterocycles. The van der Waals surface area contributed by atoms with E-state index < -0.39 is 0 Å². The molecule has 94 valence electrons. The summed E-state index contributed by atoms with van der Waals surface area (Å²) in [5.41, 5.74) is 1.31. The molecule has 1 aromatic heterocycles. The molecule has 2 atom stereocenters. The van der Waals surface area contributed by atoms with Crippen LogP contribution in [0.25, 0.3) is 0 Å². The molecule has 1 aliphatic heterocycles. The van der Waals surface area contributed by atoms with Crippen molar-refractivity contribution >= 4 is 5.69 Å². The molecule has 0 saturated carbocycles. The van der Waals surface area contributed by atoms with Crippen LogP contribution in [0, 0.1) is 5.92 Å². The second kappa shape index (κ2) is 5.50. The highest BCUT2D eigenvalue weighted by Crippen LogP contribution is 2.28. The van der Waals surface area contributed by atoms with Crippen LogP contribution in [-0.4, -0.2) is 43.1 Å². The number of pyridine rings is 1. The third-order valence-corrected chi connectivity index (χ3v) is 3.76. The summed E-state index contributed by atoms with van der Waals surface area (Å²) in [5.74, 6) is 0.795. The smallest absolute Gasteiger partial charge is 0.0397 e. The van der Waals surface area contributed by atoms with Crippen molar-refractivity contribution < 1.29 is 0 Å². The highest BCUT2D eigenvalue weighted by Gasteiger charge is 2.33. The van der Waals surface area contributed by atoms with E-state index in [-0.39, 0.29) is 0 Å². The van der Waals surface area contributed by atoms with Crippen molar-refractivity contribution in [2.45, 2.75) is 25.8 Å². The van der Waals surface area contributed by atoms with Crippen molar-refractivity contribution in [1.29, 1.82) is 0 Å². The highest BCUT2D eigenvalue weighted by atomic mass is 15.2. The minimum absolute atomic E-state index is 0.683. The van der Waals surface area contributed by atoms with E-state index >= 15 is 0 Å². The molecule has 0 amide bonds. The minimum atomic E-state index is 0.683. The van der Waals surface area contributed by atoms with E-state index in [0.29, 0.717) is 6.04 Å². The minimum Gasteiger partial charge on any atom is -0.370 e. The molecule has 17 heavy (non-hydrogen) atoms. The first-order chi connectivity index (χ1) is 8.22. The van der Waals surface area contributed by atoms with E-state index in [1.54, 1.807) is 0 Å². The standard InChI is InChI=1S/C14H23N3/c1-4-5-12-10-17(11-14(12)16(2)3)13-6-8-15-9-7-13/h6-9,12,14H,4-5,10-11H2,1-3H3/t12-,14-/m0/s1. The van der Waals surface area contributed by atoms with E-state index in [1.807, 2.05) is 12.4 Å². The summed E-state index contributed by atoms with van der Waals surface area (Å²) in [6.07, 6.45) is 6.36. The number of nitrogens with zero attached hydrogens (tertiary/aromatic N) is 3. The molecule has 0 aromatic carbocycles. The van der Waals surface area contributed by atoms with Crippen molar-refractivity contribution in [2.75, 3.05) is 32.1 Å². The Balaban J connectivity index is 2.09. The van der Waals surface area contributed by atoms with Gasteiger partial charge < -0.3 is 9.80 Å². The predicted octanol–water partition coefficient (Wildman–Crippen LogP) is 2.25. The Morgan fingerprint density at radius 3 is 2.59 bits per heavy atom. The molecule has 2 rings (SSSR count). The zero-order valence-corrected chi connectivity index (χ0v) is 11.1. The van der Waals surface area contributed by atoms with Crippen molar-refractivity contribution in [3.05, 3.63) is 24.5 Å². The number of likely N-dealkylation sites (N-methyl/N-ethyl adjacent to an activating group) is 1. The van der Waals surface area contributed by atoms with Gasteiger partial charge in [0.1, 0.15) is 0 Å². The van der Waals surface area contributed by atoms with Gasteiger partial charge in [-0.15, -0.1) is 0 Å². The summed E-state index contributed by atoms with van der Waals surface area (Å²) < 4.78 is 0. The Bertz CT molecular complexity index is 337. The predicted molar refractivity (Wildman–Crippen MR) is 72.3 cm³/mol. The third-order valence-electron chi connectivity index (χ3n) is 3.76. The normalized spacial score (nSPS) is 24.6. The molecule has 3 nitrogen and oxygen atoms in total. The maximum absolute atomic E-state index is 4.09. The quantitative estimate of drug-likeness (QED) is 0.795. The highest BCUT2D eigenvalue weighted by molar-refractivity contribution is 5.46. The number of hydrogen-bond donors (Lipinski definition) is 0. The van der Waals surface area contributed by atoms with Crippen molar-refractivity contribution in [1.82, 2.24) is 9.88 Å². The lowest BCUT2D eigenvalue weighted by Gasteiger charge is -2.24. The van der Waals surface area contributed by atoms with Crippen LogP contribution in [-0.2, 0) is 0 Å². The average Bonchev–Trinajstić information content (AvgIpc) is 2.75. The second-order valence-corrected chi connectivity index (χ2v) is 5.19. The van der Waals surface area contributed by atoms with Gasteiger partial charge in [0, 0.05) is 37.2 Å². The van der Waals surface area contributed by atoms with Gasteiger partial charge in [0.25, 0.3) is 0 Å². The Morgan fingerprint density at radius 1 is 1.29 bits per heavy atom. The molecule has 0 spiro atoms. The molecular weight excluding hydrogens is 210 g/mol.